The molecule has 3 aliphatic heterocycles. The summed E-state index contributed by atoms with van der Waals surface area (Å²) in [5.41, 5.74) is 5.36. The van der Waals surface area contributed by atoms with Crippen LogP contribution in [0.1, 0.15) is 30.1 Å². The highest BCUT2D eigenvalue weighted by Gasteiger charge is 2.36. The Labute approximate surface area is 192 Å². The second kappa shape index (κ2) is 8.61. The molecule has 170 valence electrons. The second-order valence-electron chi connectivity index (χ2n) is 8.75. The first-order chi connectivity index (χ1) is 16.3. The van der Waals surface area contributed by atoms with E-state index in [0.717, 1.165) is 79.4 Å². The molecule has 0 aliphatic carbocycles. The Morgan fingerprint density at radius 1 is 1.12 bits per heavy atom. The van der Waals surface area contributed by atoms with E-state index in [2.05, 4.69) is 27.3 Å². The lowest BCUT2D eigenvalue weighted by atomic mass is 9.90. The van der Waals surface area contributed by atoms with Gasteiger partial charge in [0.2, 0.25) is 5.91 Å². The monoisotopic (exact) mass is 445 g/mol. The number of morpholine rings is 1. The summed E-state index contributed by atoms with van der Waals surface area (Å²) in [6, 6.07) is 14.0. The lowest BCUT2D eigenvalue weighted by Gasteiger charge is -2.28. The lowest BCUT2D eigenvalue weighted by Crippen LogP contribution is -2.36. The van der Waals surface area contributed by atoms with Crippen LogP contribution < -0.4 is 10.2 Å². The van der Waals surface area contributed by atoms with Crippen molar-refractivity contribution >= 4 is 34.0 Å². The van der Waals surface area contributed by atoms with Crippen molar-refractivity contribution in [3.63, 3.8) is 0 Å². The fraction of sp³-hybridized carbons (Fsp3) is 0.400. The molecule has 3 aliphatic rings. The number of carbonyl (C=O) groups excluding carboxylic acids is 1. The number of aliphatic imine (C=N–C) groups is 1. The topological polar surface area (TPSA) is 91.8 Å². The number of H-pyrrole nitrogens is 1. The first-order valence-corrected chi connectivity index (χ1v) is 11.6. The van der Waals surface area contributed by atoms with Crippen LogP contribution in [0.4, 0.5) is 11.4 Å². The average molecular weight is 446 g/mol. The fourth-order valence-corrected chi connectivity index (χ4v) is 4.89. The molecule has 0 saturated carbocycles. The SMILES string of the molecule is O=C1Nc2ccccc2C(=NCC2CCCO2)C1c1nc2ccc(N3CCOCC3)cc2[nH]1. The number of nitrogens with one attached hydrogen (secondary N) is 2. The van der Waals surface area contributed by atoms with Crippen molar-refractivity contribution in [3.05, 3.63) is 53.9 Å². The van der Waals surface area contributed by atoms with E-state index in [1.165, 1.54) is 0 Å². The molecule has 8 nitrogen and oxygen atoms in total. The number of hydrogen-bond donors (Lipinski definition) is 2. The van der Waals surface area contributed by atoms with Gasteiger partial charge in [0, 0.05) is 36.6 Å². The van der Waals surface area contributed by atoms with Crippen LogP contribution in [0, 0.1) is 0 Å². The number of aromatic nitrogens is 2. The number of nitrogens with zero attached hydrogens (tertiary/aromatic N) is 3. The maximum atomic E-state index is 13.2. The highest BCUT2D eigenvalue weighted by atomic mass is 16.5. The Balaban J connectivity index is 1.38. The van der Waals surface area contributed by atoms with Crippen molar-refractivity contribution in [3.8, 4) is 0 Å². The molecule has 2 saturated heterocycles. The van der Waals surface area contributed by atoms with Gasteiger partial charge in [-0.05, 0) is 37.1 Å². The zero-order valence-corrected chi connectivity index (χ0v) is 18.4. The van der Waals surface area contributed by atoms with E-state index in [9.17, 15) is 4.79 Å². The Kier molecular flexibility index (Phi) is 5.32. The molecule has 0 radical (unpaired) electrons. The van der Waals surface area contributed by atoms with E-state index in [4.69, 9.17) is 19.5 Å². The number of aromatic amines is 1. The van der Waals surface area contributed by atoms with Crippen molar-refractivity contribution in [2.24, 2.45) is 4.99 Å². The summed E-state index contributed by atoms with van der Waals surface area (Å²) in [5, 5.41) is 3.04. The van der Waals surface area contributed by atoms with Crippen LogP contribution >= 0.6 is 0 Å². The molecule has 2 aromatic carbocycles. The predicted molar refractivity (Wildman–Crippen MR) is 127 cm³/mol. The van der Waals surface area contributed by atoms with E-state index in [-0.39, 0.29) is 12.0 Å². The number of imidazole rings is 1. The van der Waals surface area contributed by atoms with Crippen LogP contribution in [0.15, 0.2) is 47.5 Å². The van der Waals surface area contributed by atoms with Crippen molar-refractivity contribution in [2.75, 3.05) is 49.7 Å². The molecule has 2 unspecified atom stereocenters. The first-order valence-electron chi connectivity index (χ1n) is 11.6. The molecule has 6 rings (SSSR count). The van der Waals surface area contributed by atoms with Crippen LogP contribution in [-0.2, 0) is 14.3 Å². The number of hydrogen-bond acceptors (Lipinski definition) is 6. The zero-order chi connectivity index (χ0) is 22.2. The molecule has 3 aromatic rings. The van der Waals surface area contributed by atoms with Gasteiger partial charge in [-0.1, -0.05) is 18.2 Å². The lowest BCUT2D eigenvalue weighted by molar-refractivity contribution is -0.116. The number of benzene rings is 2. The van der Waals surface area contributed by atoms with E-state index < -0.39 is 5.92 Å². The van der Waals surface area contributed by atoms with Crippen molar-refractivity contribution in [1.29, 1.82) is 0 Å². The van der Waals surface area contributed by atoms with Gasteiger partial charge in [0.05, 0.1) is 42.6 Å². The first kappa shape index (κ1) is 20.4. The van der Waals surface area contributed by atoms with E-state index in [0.29, 0.717) is 12.4 Å². The summed E-state index contributed by atoms with van der Waals surface area (Å²) < 4.78 is 11.2. The molecule has 4 heterocycles. The van der Waals surface area contributed by atoms with E-state index in [1.54, 1.807) is 0 Å². The number of rotatable bonds is 4. The Morgan fingerprint density at radius 3 is 2.85 bits per heavy atom. The van der Waals surface area contributed by atoms with Crippen LogP contribution in [-0.4, -0.2) is 67.1 Å². The quantitative estimate of drug-likeness (QED) is 0.644. The van der Waals surface area contributed by atoms with Gasteiger partial charge in [0.25, 0.3) is 0 Å². The van der Waals surface area contributed by atoms with Crippen LogP contribution in [0.25, 0.3) is 11.0 Å². The van der Waals surface area contributed by atoms with Crippen molar-refractivity contribution in [1.82, 2.24) is 9.97 Å². The van der Waals surface area contributed by atoms with Gasteiger partial charge < -0.3 is 24.7 Å². The number of para-hydroxylation sites is 1. The summed E-state index contributed by atoms with van der Waals surface area (Å²) in [6.07, 6.45) is 2.18. The summed E-state index contributed by atoms with van der Waals surface area (Å²) in [5.74, 6) is -0.102. The standard InChI is InChI=1S/C25H27N5O3/c31-25-22(23(26-15-17-4-3-11-33-17)18-5-1-2-6-19(18)29-25)24-27-20-8-7-16(14-21(20)28-24)30-9-12-32-13-10-30/h1-2,5-8,14,17,22H,3-4,9-13,15H2,(H,27,28)(H,29,31). The molecular formula is C25H27N5O3. The van der Waals surface area contributed by atoms with Crippen molar-refractivity contribution < 1.29 is 14.3 Å². The molecule has 2 atom stereocenters. The van der Waals surface area contributed by atoms with Crippen molar-refractivity contribution in [2.45, 2.75) is 24.9 Å². The third-order valence-electron chi connectivity index (χ3n) is 6.62. The summed E-state index contributed by atoms with van der Waals surface area (Å²) in [7, 11) is 0. The van der Waals surface area contributed by atoms with Gasteiger partial charge in [0.15, 0.2) is 0 Å². The Hall–Kier alpha value is -3.23. The van der Waals surface area contributed by atoms with Gasteiger partial charge in [0.1, 0.15) is 11.7 Å². The maximum Gasteiger partial charge on any atom is 0.241 e. The molecule has 1 aromatic heterocycles. The second-order valence-corrected chi connectivity index (χ2v) is 8.75. The molecule has 33 heavy (non-hydrogen) atoms. The smallest absolute Gasteiger partial charge is 0.241 e. The van der Waals surface area contributed by atoms with Gasteiger partial charge in [-0.15, -0.1) is 0 Å². The number of ether oxygens (including phenoxy) is 2. The van der Waals surface area contributed by atoms with E-state index in [1.807, 2.05) is 30.3 Å². The molecule has 0 spiro atoms. The fourth-order valence-electron chi connectivity index (χ4n) is 4.89. The van der Waals surface area contributed by atoms with Crippen LogP contribution in [0.3, 0.4) is 0 Å². The van der Waals surface area contributed by atoms with Gasteiger partial charge in [-0.3, -0.25) is 9.79 Å². The molecule has 2 fully saturated rings. The van der Waals surface area contributed by atoms with Gasteiger partial charge in [-0.25, -0.2) is 4.98 Å². The highest BCUT2D eigenvalue weighted by molar-refractivity contribution is 6.26. The van der Waals surface area contributed by atoms with E-state index >= 15 is 0 Å². The zero-order valence-electron chi connectivity index (χ0n) is 18.4. The summed E-state index contributed by atoms with van der Waals surface area (Å²) in [6.45, 7) is 4.54. The molecule has 1 amide bonds. The molecule has 0 bridgehead atoms. The minimum absolute atomic E-state index is 0.113. The normalized spacial score (nSPS) is 24.3. The maximum absolute atomic E-state index is 13.2. The number of anilines is 2. The van der Waals surface area contributed by atoms with Crippen LogP contribution in [0.2, 0.25) is 0 Å². The third kappa shape index (κ3) is 3.89. The number of fused-ring (bicyclic) bond motifs is 2. The number of carbonyl (C=O) groups is 1. The minimum Gasteiger partial charge on any atom is -0.378 e. The molecule has 2 N–H and O–H groups in total. The number of amides is 1. The summed E-state index contributed by atoms with van der Waals surface area (Å²) >= 11 is 0. The molecular weight excluding hydrogens is 418 g/mol. The highest BCUT2D eigenvalue weighted by Crippen LogP contribution is 2.33. The third-order valence-corrected chi connectivity index (χ3v) is 6.62. The van der Waals surface area contributed by atoms with Gasteiger partial charge in [-0.2, -0.15) is 0 Å². The van der Waals surface area contributed by atoms with Crippen LogP contribution in [0.5, 0.6) is 0 Å². The average Bonchev–Trinajstić information content (AvgIpc) is 3.52. The Morgan fingerprint density at radius 2 is 2.00 bits per heavy atom. The predicted octanol–water partition coefficient (Wildman–Crippen LogP) is 3.10. The van der Waals surface area contributed by atoms with Gasteiger partial charge >= 0.3 is 0 Å². The minimum atomic E-state index is -0.597. The Bertz CT molecular complexity index is 1210. The largest absolute Gasteiger partial charge is 0.378 e. The summed E-state index contributed by atoms with van der Waals surface area (Å²) in [4.78, 5) is 28.7. The molecule has 8 heteroatoms.